The molecule has 2 amide bonds. The van der Waals surface area contributed by atoms with Crippen LogP contribution in [0.25, 0.3) is 0 Å². The summed E-state index contributed by atoms with van der Waals surface area (Å²) in [7, 11) is 0. The van der Waals surface area contributed by atoms with Crippen LogP contribution in [0.15, 0.2) is 0 Å². The Morgan fingerprint density at radius 1 is 0.952 bits per heavy atom. The standard InChI is InChI=1S/C14H22N2O4S/c17-12(15-6-2-1-3-7-15)9-21-10-13(18)16-8-4-5-11(16)14(19)20/h11H,1-10H2,(H,19,20). The lowest BCUT2D eigenvalue weighted by atomic mass is 10.1. The minimum absolute atomic E-state index is 0.0868. The number of carbonyl (C=O) groups is 3. The Balaban J connectivity index is 1.71. The second kappa shape index (κ2) is 7.68. The first kappa shape index (κ1) is 16.1. The van der Waals surface area contributed by atoms with E-state index in [-0.39, 0.29) is 17.6 Å². The third-order valence-electron chi connectivity index (χ3n) is 4.02. The summed E-state index contributed by atoms with van der Waals surface area (Å²) in [6, 6.07) is -0.684. The lowest BCUT2D eigenvalue weighted by Crippen LogP contribution is -2.41. The Hall–Kier alpha value is -1.24. The first-order valence-electron chi connectivity index (χ1n) is 7.47. The van der Waals surface area contributed by atoms with Crippen LogP contribution in [0, 0.1) is 0 Å². The number of carboxylic acid groups (broad SMARTS) is 1. The van der Waals surface area contributed by atoms with Crippen molar-refractivity contribution in [3.05, 3.63) is 0 Å². The highest BCUT2D eigenvalue weighted by molar-refractivity contribution is 8.00. The number of piperidine rings is 1. The van der Waals surface area contributed by atoms with Gasteiger partial charge in [-0.25, -0.2) is 4.79 Å². The average molecular weight is 314 g/mol. The number of aliphatic carboxylic acids is 1. The van der Waals surface area contributed by atoms with E-state index in [0.717, 1.165) is 32.4 Å². The van der Waals surface area contributed by atoms with Gasteiger partial charge in [-0.3, -0.25) is 9.59 Å². The molecule has 0 radical (unpaired) electrons. The minimum atomic E-state index is -0.935. The molecule has 0 aliphatic carbocycles. The summed E-state index contributed by atoms with van der Waals surface area (Å²) in [5, 5.41) is 9.05. The van der Waals surface area contributed by atoms with E-state index in [4.69, 9.17) is 5.11 Å². The lowest BCUT2D eigenvalue weighted by Gasteiger charge is -2.26. The number of hydrogen-bond donors (Lipinski definition) is 1. The van der Waals surface area contributed by atoms with E-state index in [1.165, 1.54) is 23.1 Å². The van der Waals surface area contributed by atoms with Crippen LogP contribution >= 0.6 is 11.8 Å². The zero-order chi connectivity index (χ0) is 15.2. The van der Waals surface area contributed by atoms with Crippen LogP contribution in [0.5, 0.6) is 0 Å². The van der Waals surface area contributed by atoms with E-state index in [9.17, 15) is 14.4 Å². The average Bonchev–Trinajstić information content (AvgIpc) is 2.97. The molecule has 21 heavy (non-hydrogen) atoms. The Morgan fingerprint density at radius 3 is 2.29 bits per heavy atom. The summed E-state index contributed by atoms with van der Waals surface area (Å²) in [6.07, 6.45) is 4.56. The van der Waals surface area contributed by atoms with Gasteiger partial charge in [-0.1, -0.05) is 0 Å². The van der Waals surface area contributed by atoms with E-state index >= 15 is 0 Å². The van der Waals surface area contributed by atoms with Gasteiger partial charge in [0.05, 0.1) is 11.5 Å². The zero-order valence-electron chi connectivity index (χ0n) is 12.1. The van der Waals surface area contributed by atoms with Gasteiger partial charge < -0.3 is 14.9 Å². The van der Waals surface area contributed by atoms with Crippen LogP contribution in [0.2, 0.25) is 0 Å². The summed E-state index contributed by atoms with van der Waals surface area (Å²) < 4.78 is 0. The number of likely N-dealkylation sites (tertiary alicyclic amines) is 2. The quantitative estimate of drug-likeness (QED) is 0.812. The fourth-order valence-corrected chi connectivity index (χ4v) is 3.66. The number of hydrogen-bond acceptors (Lipinski definition) is 4. The Bertz CT molecular complexity index is 410. The molecular formula is C14H22N2O4S. The molecule has 2 fully saturated rings. The zero-order valence-corrected chi connectivity index (χ0v) is 12.9. The molecule has 0 bridgehead atoms. The van der Waals surface area contributed by atoms with Crippen molar-refractivity contribution in [1.29, 1.82) is 0 Å². The largest absolute Gasteiger partial charge is 0.480 e. The summed E-state index contributed by atoms with van der Waals surface area (Å²) in [4.78, 5) is 38.3. The molecular weight excluding hydrogens is 292 g/mol. The number of nitrogens with zero attached hydrogens (tertiary/aromatic N) is 2. The van der Waals surface area contributed by atoms with Crippen LogP contribution in [0.3, 0.4) is 0 Å². The van der Waals surface area contributed by atoms with Crippen molar-refractivity contribution in [1.82, 2.24) is 9.80 Å². The van der Waals surface area contributed by atoms with Crippen molar-refractivity contribution in [3.63, 3.8) is 0 Å². The van der Waals surface area contributed by atoms with Gasteiger partial charge in [0, 0.05) is 19.6 Å². The molecule has 0 aromatic carbocycles. The smallest absolute Gasteiger partial charge is 0.326 e. The van der Waals surface area contributed by atoms with Gasteiger partial charge in [0.1, 0.15) is 6.04 Å². The topological polar surface area (TPSA) is 77.9 Å². The fraction of sp³-hybridized carbons (Fsp3) is 0.786. The number of carboxylic acids is 1. The molecule has 0 spiro atoms. The maximum absolute atomic E-state index is 12.0. The second-order valence-electron chi connectivity index (χ2n) is 5.52. The van der Waals surface area contributed by atoms with Crippen LogP contribution in [-0.2, 0) is 14.4 Å². The number of amides is 2. The molecule has 2 rings (SSSR count). The fourth-order valence-electron chi connectivity index (χ4n) is 2.87. The van der Waals surface area contributed by atoms with Crippen molar-refractivity contribution in [3.8, 4) is 0 Å². The van der Waals surface area contributed by atoms with E-state index in [1.807, 2.05) is 4.90 Å². The third kappa shape index (κ3) is 4.36. The molecule has 2 saturated heterocycles. The van der Waals surface area contributed by atoms with Gasteiger partial charge in [-0.15, -0.1) is 11.8 Å². The van der Waals surface area contributed by atoms with Crippen molar-refractivity contribution < 1.29 is 19.5 Å². The number of thioether (sulfide) groups is 1. The van der Waals surface area contributed by atoms with E-state index in [0.29, 0.717) is 18.7 Å². The van der Waals surface area contributed by atoms with Gasteiger partial charge in [0.25, 0.3) is 0 Å². The molecule has 0 saturated carbocycles. The van der Waals surface area contributed by atoms with Crippen LogP contribution in [0.1, 0.15) is 32.1 Å². The molecule has 0 aromatic heterocycles. The highest BCUT2D eigenvalue weighted by atomic mass is 32.2. The monoisotopic (exact) mass is 314 g/mol. The van der Waals surface area contributed by atoms with Crippen molar-refractivity contribution in [2.45, 2.75) is 38.1 Å². The van der Waals surface area contributed by atoms with Gasteiger partial charge in [-0.2, -0.15) is 0 Å². The minimum Gasteiger partial charge on any atom is -0.480 e. The molecule has 1 unspecified atom stereocenters. The van der Waals surface area contributed by atoms with Gasteiger partial charge in [0.2, 0.25) is 11.8 Å². The first-order valence-corrected chi connectivity index (χ1v) is 8.63. The van der Waals surface area contributed by atoms with E-state index in [1.54, 1.807) is 0 Å². The van der Waals surface area contributed by atoms with Crippen molar-refractivity contribution >= 4 is 29.5 Å². The molecule has 7 heteroatoms. The summed E-state index contributed by atoms with van der Waals surface area (Å²) in [5.41, 5.74) is 0. The number of carbonyl (C=O) groups excluding carboxylic acids is 2. The normalized spacial score (nSPS) is 22.4. The maximum atomic E-state index is 12.0. The molecule has 1 atom stereocenters. The molecule has 6 nitrogen and oxygen atoms in total. The summed E-state index contributed by atoms with van der Waals surface area (Å²) in [5.74, 6) is -0.531. The van der Waals surface area contributed by atoms with E-state index < -0.39 is 12.0 Å². The second-order valence-corrected chi connectivity index (χ2v) is 6.50. The molecule has 2 heterocycles. The Labute approximate surface area is 128 Å². The predicted molar refractivity (Wildman–Crippen MR) is 80.1 cm³/mol. The van der Waals surface area contributed by atoms with Crippen LogP contribution in [-0.4, -0.2) is 69.9 Å². The predicted octanol–water partition coefficient (Wildman–Crippen LogP) is 0.808. The molecule has 118 valence electrons. The SMILES string of the molecule is O=C(O)C1CCCN1C(=O)CSCC(=O)N1CCCCC1. The molecule has 0 aromatic rings. The third-order valence-corrected chi connectivity index (χ3v) is 4.92. The highest BCUT2D eigenvalue weighted by Crippen LogP contribution is 2.19. The Morgan fingerprint density at radius 2 is 1.62 bits per heavy atom. The van der Waals surface area contributed by atoms with Gasteiger partial charge in [0.15, 0.2) is 0 Å². The van der Waals surface area contributed by atoms with Crippen LogP contribution in [0.4, 0.5) is 0 Å². The molecule has 2 aliphatic rings. The van der Waals surface area contributed by atoms with Crippen molar-refractivity contribution in [2.75, 3.05) is 31.1 Å². The first-order chi connectivity index (χ1) is 10.1. The lowest BCUT2D eigenvalue weighted by molar-refractivity contribution is -0.147. The summed E-state index contributed by atoms with van der Waals surface area (Å²) in [6.45, 7) is 2.15. The van der Waals surface area contributed by atoms with Gasteiger partial charge >= 0.3 is 5.97 Å². The van der Waals surface area contributed by atoms with Crippen LogP contribution < -0.4 is 0 Å². The highest BCUT2D eigenvalue weighted by Gasteiger charge is 2.33. The molecule has 2 aliphatic heterocycles. The summed E-state index contributed by atoms with van der Waals surface area (Å²) >= 11 is 1.29. The van der Waals surface area contributed by atoms with Gasteiger partial charge in [-0.05, 0) is 32.1 Å². The molecule has 1 N–H and O–H groups in total. The maximum Gasteiger partial charge on any atom is 0.326 e. The number of rotatable bonds is 5. The van der Waals surface area contributed by atoms with E-state index in [2.05, 4.69) is 0 Å². The Kier molecular flexibility index (Phi) is 5.90. The van der Waals surface area contributed by atoms with Crippen molar-refractivity contribution in [2.24, 2.45) is 0 Å².